The molecule has 1 aromatic carbocycles. The average Bonchev–Trinajstić information content (AvgIpc) is 2.20. The van der Waals surface area contributed by atoms with Crippen molar-refractivity contribution in [1.82, 2.24) is 4.90 Å². The number of benzene rings is 1. The predicted octanol–water partition coefficient (Wildman–Crippen LogP) is 0.548. The highest BCUT2D eigenvalue weighted by Gasteiger charge is 2.16. The number of hydrogen-bond acceptors (Lipinski definition) is 4. The number of hydrogen-bond donors (Lipinski definition) is 2. The molecule has 0 saturated heterocycles. The van der Waals surface area contributed by atoms with Crippen molar-refractivity contribution in [2.45, 2.75) is 0 Å². The minimum absolute atomic E-state index is 0.0271. The van der Waals surface area contributed by atoms with Crippen LogP contribution in [-0.4, -0.2) is 30.0 Å². The number of amides is 1. The second kappa shape index (κ2) is 3.88. The Bertz CT molecular complexity index is 447. The molecule has 0 saturated carbocycles. The molecule has 3 N–H and O–H groups in total. The van der Waals surface area contributed by atoms with Crippen molar-refractivity contribution in [1.29, 1.82) is 5.26 Å². The van der Waals surface area contributed by atoms with Gasteiger partial charge in [0.05, 0.1) is 22.9 Å². The van der Waals surface area contributed by atoms with Crippen molar-refractivity contribution in [2.24, 2.45) is 0 Å². The molecule has 0 spiro atoms. The summed E-state index contributed by atoms with van der Waals surface area (Å²) in [7, 11) is 3.11. The van der Waals surface area contributed by atoms with Crippen LogP contribution in [0.4, 0.5) is 5.69 Å². The van der Waals surface area contributed by atoms with Crippen LogP contribution in [0.2, 0.25) is 0 Å². The van der Waals surface area contributed by atoms with E-state index in [1.54, 1.807) is 14.1 Å². The van der Waals surface area contributed by atoms with Crippen LogP contribution in [0.5, 0.6) is 5.75 Å². The third-order valence-electron chi connectivity index (χ3n) is 1.91. The second-order valence-electron chi connectivity index (χ2n) is 3.27. The van der Waals surface area contributed by atoms with Crippen LogP contribution in [0.15, 0.2) is 12.1 Å². The summed E-state index contributed by atoms with van der Waals surface area (Å²) in [6.07, 6.45) is 0. The Morgan fingerprint density at radius 3 is 2.60 bits per heavy atom. The first-order chi connectivity index (χ1) is 6.97. The number of nitrogen functional groups attached to an aromatic ring is 1. The first-order valence-electron chi connectivity index (χ1n) is 4.21. The molecular formula is C10H11N3O2. The van der Waals surface area contributed by atoms with Crippen molar-refractivity contribution in [3.8, 4) is 11.8 Å². The maximum Gasteiger partial charge on any atom is 0.257 e. The van der Waals surface area contributed by atoms with Crippen LogP contribution >= 0.6 is 0 Å². The minimum atomic E-state index is -0.392. The molecule has 0 aliphatic heterocycles. The lowest BCUT2D eigenvalue weighted by molar-refractivity contribution is 0.0824. The zero-order chi connectivity index (χ0) is 11.6. The number of aromatic hydroxyl groups is 1. The number of carbonyl (C=O) groups is 1. The molecule has 0 heterocycles. The van der Waals surface area contributed by atoms with Crippen molar-refractivity contribution < 1.29 is 9.90 Å². The maximum atomic E-state index is 11.6. The number of nitrogens with zero attached hydrogens (tertiary/aromatic N) is 2. The zero-order valence-corrected chi connectivity index (χ0v) is 8.48. The van der Waals surface area contributed by atoms with Gasteiger partial charge in [0.2, 0.25) is 0 Å². The van der Waals surface area contributed by atoms with E-state index in [9.17, 15) is 9.90 Å². The van der Waals surface area contributed by atoms with Gasteiger partial charge >= 0.3 is 0 Å². The molecular weight excluding hydrogens is 194 g/mol. The monoisotopic (exact) mass is 205 g/mol. The maximum absolute atomic E-state index is 11.6. The van der Waals surface area contributed by atoms with Gasteiger partial charge < -0.3 is 15.7 Å². The molecule has 0 fully saturated rings. The smallest absolute Gasteiger partial charge is 0.257 e. The number of nitrogens with two attached hydrogens (primary N) is 1. The number of phenols is 1. The van der Waals surface area contributed by atoms with Gasteiger partial charge in [-0.3, -0.25) is 4.79 Å². The third-order valence-corrected chi connectivity index (χ3v) is 1.91. The third kappa shape index (κ3) is 1.99. The molecule has 5 heteroatoms. The summed E-state index contributed by atoms with van der Waals surface area (Å²) in [5.74, 6) is -0.677. The van der Waals surface area contributed by atoms with E-state index in [4.69, 9.17) is 11.0 Å². The fourth-order valence-corrected chi connectivity index (χ4v) is 1.13. The summed E-state index contributed by atoms with van der Waals surface area (Å²) in [6.45, 7) is 0. The van der Waals surface area contributed by atoms with Gasteiger partial charge in [0.25, 0.3) is 5.91 Å². The lowest BCUT2D eigenvalue weighted by atomic mass is 10.1. The Balaban J connectivity index is 3.36. The van der Waals surface area contributed by atoms with E-state index >= 15 is 0 Å². The Morgan fingerprint density at radius 1 is 1.53 bits per heavy atom. The molecule has 1 aromatic rings. The van der Waals surface area contributed by atoms with E-state index in [1.165, 1.54) is 17.0 Å². The Morgan fingerprint density at radius 2 is 2.13 bits per heavy atom. The first kappa shape index (κ1) is 10.9. The molecule has 0 radical (unpaired) electrons. The van der Waals surface area contributed by atoms with Gasteiger partial charge in [-0.1, -0.05) is 0 Å². The summed E-state index contributed by atoms with van der Waals surface area (Å²) in [4.78, 5) is 12.9. The van der Waals surface area contributed by atoms with Gasteiger partial charge in [-0.25, -0.2) is 0 Å². The van der Waals surface area contributed by atoms with E-state index in [1.807, 2.05) is 6.07 Å². The minimum Gasteiger partial charge on any atom is -0.505 e. The van der Waals surface area contributed by atoms with E-state index in [-0.39, 0.29) is 22.6 Å². The highest BCUT2D eigenvalue weighted by molar-refractivity contribution is 5.98. The highest BCUT2D eigenvalue weighted by Crippen LogP contribution is 2.27. The zero-order valence-electron chi connectivity index (χ0n) is 8.48. The van der Waals surface area contributed by atoms with Crippen LogP contribution in [-0.2, 0) is 0 Å². The SMILES string of the molecule is CN(C)C(=O)c1cc(C#N)cc(N)c1O. The summed E-state index contributed by atoms with van der Waals surface area (Å²) < 4.78 is 0. The topological polar surface area (TPSA) is 90.4 Å². The largest absolute Gasteiger partial charge is 0.505 e. The van der Waals surface area contributed by atoms with Crippen LogP contribution in [0.25, 0.3) is 0 Å². The van der Waals surface area contributed by atoms with E-state index < -0.39 is 5.91 Å². The summed E-state index contributed by atoms with van der Waals surface area (Å²) in [6, 6.07) is 4.50. The van der Waals surface area contributed by atoms with Gasteiger partial charge in [-0.2, -0.15) is 5.26 Å². The van der Waals surface area contributed by atoms with Crippen molar-refractivity contribution >= 4 is 11.6 Å². The van der Waals surface area contributed by atoms with E-state index in [0.717, 1.165) is 0 Å². The van der Waals surface area contributed by atoms with Crippen molar-refractivity contribution in [2.75, 3.05) is 19.8 Å². The summed E-state index contributed by atoms with van der Waals surface area (Å²) >= 11 is 0. The number of nitriles is 1. The molecule has 0 aliphatic carbocycles. The molecule has 0 bridgehead atoms. The van der Waals surface area contributed by atoms with Crippen LogP contribution in [0.3, 0.4) is 0 Å². The van der Waals surface area contributed by atoms with E-state index in [0.29, 0.717) is 0 Å². The molecule has 0 atom stereocenters. The van der Waals surface area contributed by atoms with Gasteiger partial charge in [0.15, 0.2) is 5.75 Å². The molecule has 0 aromatic heterocycles. The second-order valence-corrected chi connectivity index (χ2v) is 3.27. The molecule has 1 rings (SSSR count). The molecule has 1 amide bonds. The van der Waals surface area contributed by atoms with Crippen molar-refractivity contribution in [3.05, 3.63) is 23.3 Å². The Labute approximate surface area is 87.3 Å². The molecule has 78 valence electrons. The molecule has 15 heavy (non-hydrogen) atoms. The Hall–Kier alpha value is -2.22. The number of anilines is 1. The van der Waals surface area contributed by atoms with Gasteiger partial charge in [-0.15, -0.1) is 0 Å². The quantitative estimate of drug-likeness (QED) is 0.517. The number of carbonyl (C=O) groups excluding carboxylic acids is 1. The normalized spacial score (nSPS) is 9.40. The fourth-order valence-electron chi connectivity index (χ4n) is 1.13. The molecule has 5 nitrogen and oxygen atoms in total. The van der Waals surface area contributed by atoms with Gasteiger partial charge in [0, 0.05) is 14.1 Å². The summed E-state index contributed by atoms with van der Waals surface area (Å²) in [5.41, 5.74) is 5.77. The Kier molecular flexibility index (Phi) is 2.81. The number of rotatable bonds is 1. The first-order valence-corrected chi connectivity index (χ1v) is 4.21. The van der Waals surface area contributed by atoms with Gasteiger partial charge in [0.1, 0.15) is 0 Å². The molecule has 0 aliphatic rings. The lowest BCUT2D eigenvalue weighted by Crippen LogP contribution is -2.22. The van der Waals surface area contributed by atoms with Gasteiger partial charge in [-0.05, 0) is 12.1 Å². The van der Waals surface area contributed by atoms with Crippen LogP contribution in [0, 0.1) is 11.3 Å². The summed E-state index contributed by atoms with van der Waals surface area (Å²) in [5, 5.41) is 18.2. The average molecular weight is 205 g/mol. The molecule has 0 unspecified atom stereocenters. The number of phenolic OH excluding ortho intramolecular Hbond substituents is 1. The standard InChI is InChI=1S/C10H11N3O2/c1-13(2)10(15)7-3-6(5-11)4-8(12)9(7)14/h3-4,14H,12H2,1-2H3. The lowest BCUT2D eigenvalue weighted by Gasteiger charge is -2.12. The van der Waals surface area contributed by atoms with Crippen LogP contribution in [0.1, 0.15) is 15.9 Å². The van der Waals surface area contributed by atoms with E-state index in [2.05, 4.69) is 0 Å². The van der Waals surface area contributed by atoms with Crippen molar-refractivity contribution in [3.63, 3.8) is 0 Å². The highest BCUT2D eigenvalue weighted by atomic mass is 16.3. The predicted molar refractivity (Wildman–Crippen MR) is 55.3 cm³/mol. The van der Waals surface area contributed by atoms with Crippen LogP contribution < -0.4 is 5.73 Å². The fraction of sp³-hybridized carbons (Fsp3) is 0.200.